The maximum absolute atomic E-state index is 12.4. The number of carbonyl (C=O) groups is 2. The van der Waals surface area contributed by atoms with Crippen molar-refractivity contribution in [1.82, 2.24) is 10.3 Å². The number of benzene rings is 2. The van der Waals surface area contributed by atoms with Crippen molar-refractivity contribution in [3.63, 3.8) is 0 Å². The normalized spacial score (nSPS) is 10.3. The Balaban J connectivity index is 1.60. The summed E-state index contributed by atoms with van der Waals surface area (Å²) in [7, 11) is 0. The van der Waals surface area contributed by atoms with Gasteiger partial charge in [-0.05, 0) is 48.7 Å². The standard InChI is InChI=1S/C22H21N3O2/c1-16-7-5-10-18(15-16)24-22(27)20-12-6-11-19(25-20)21(26)23-14-13-17-8-3-2-4-9-17/h2-12,15H,13-14H2,1H3,(H,23,26)(H,24,27). The van der Waals surface area contributed by atoms with Crippen LogP contribution < -0.4 is 10.6 Å². The molecule has 3 rings (SSSR count). The van der Waals surface area contributed by atoms with Gasteiger partial charge in [0.25, 0.3) is 11.8 Å². The molecule has 0 aliphatic rings. The molecule has 0 saturated carbocycles. The molecule has 5 heteroatoms. The molecule has 1 aromatic heterocycles. The van der Waals surface area contributed by atoms with Crippen LogP contribution in [0.15, 0.2) is 72.8 Å². The van der Waals surface area contributed by atoms with Crippen molar-refractivity contribution >= 4 is 17.5 Å². The molecule has 2 aromatic carbocycles. The van der Waals surface area contributed by atoms with Gasteiger partial charge in [-0.3, -0.25) is 9.59 Å². The minimum absolute atomic E-state index is 0.201. The molecule has 3 aromatic rings. The second-order valence-corrected chi connectivity index (χ2v) is 6.22. The quantitative estimate of drug-likeness (QED) is 0.706. The number of aryl methyl sites for hydroxylation is 1. The van der Waals surface area contributed by atoms with Gasteiger partial charge >= 0.3 is 0 Å². The maximum Gasteiger partial charge on any atom is 0.274 e. The number of aromatic nitrogens is 1. The van der Waals surface area contributed by atoms with Crippen LogP contribution in [0.3, 0.4) is 0 Å². The van der Waals surface area contributed by atoms with E-state index in [-0.39, 0.29) is 23.2 Å². The summed E-state index contributed by atoms with van der Waals surface area (Å²) in [6.45, 7) is 2.46. The summed E-state index contributed by atoms with van der Waals surface area (Å²) < 4.78 is 0. The largest absolute Gasteiger partial charge is 0.350 e. The van der Waals surface area contributed by atoms with Gasteiger partial charge in [0.05, 0.1) is 0 Å². The van der Waals surface area contributed by atoms with Gasteiger partial charge in [0.2, 0.25) is 0 Å². The van der Waals surface area contributed by atoms with E-state index in [9.17, 15) is 9.59 Å². The number of nitrogens with one attached hydrogen (secondary N) is 2. The zero-order chi connectivity index (χ0) is 19.1. The molecular weight excluding hydrogens is 338 g/mol. The van der Waals surface area contributed by atoms with Gasteiger partial charge in [-0.25, -0.2) is 4.98 Å². The van der Waals surface area contributed by atoms with Crippen molar-refractivity contribution in [2.75, 3.05) is 11.9 Å². The van der Waals surface area contributed by atoms with Crippen molar-refractivity contribution in [3.8, 4) is 0 Å². The number of rotatable bonds is 6. The predicted molar refractivity (Wildman–Crippen MR) is 106 cm³/mol. The van der Waals surface area contributed by atoms with Gasteiger partial charge in [-0.2, -0.15) is 0 Å². The highest BCUT2D eigenvalue weighted by molar-refractivity contribution is 6.03. The minimum atomic E-state index is -0.348. The fraction of sp³-hybridized carbons (Fsp3) is 0.136. The average Bonchev–Trinajstić information content (AvgIpc) is 2.69. The molecule has 5 nitrogen and oxygen atoms in total. The van der Waals surface area contributed by atoms with Crippen LogP contribution in [0.5, 0.6) is 0 Å². The molecular formula is C22H21N3O2. The van der Waals surface area contributed by atoms with Crippen LogP contribution in [-0.2, 0) is 6.42 Å². The van der Waals surface area contributed by atoms with Crippen LogP contribution in [0.4, 0.5) is 5.69 Å². The summed E-state index contributed by atoms with van der Waals surface area (Å²) in [6, 6.07) is 22.3. The van der Waals surface area contributed by atoms with E-state index in [2.05, 4.69) is 15.6 Å². The highest BCUT2D eigenvalue weighted by Crippen LogP contribution is 2.11. The smallest absolute Gasteiger partial charge is 0.274 e. The fourth-order valence-electron chi connectivity index (χ4n) is 2.66. The Morgan fingerprint density at radius 2 is 1.56 bits per heavy atom. The molecule has 0 spiro atoms. The first-order valence-electron chi connectivity index (χ1n) is 8.79. The van der Waals surface area contributed by atoms with Crippen molar-refractivity contribution < 1.29 is 9.59 Å². The first-order chi connectivity index (χ1) is 13.1. The molecule has 0 fully saturated rings. The second kappa shape index (κ2) is 8.76. The summed E-state index contributed by atoms with van der Waals surface area (Å²) in [5, 5.41) is 5.63. The lowest BCUT2D eigenvalue weighted by atomic mass is 10.1. The third-order valence-electron chi connectivity index (χ3n) is 4.03. The zero-order valence-electron chi connectivity index (χ0n) is 15.1. The van der Waals surface area contributed by atoms with E-state index in [1.807, 2.05) is 61.5 Å². The van der Waals surface area contributed by atoms with Gasteiger partial charge in [-0.1, -0.05) is 48.5 Å². The Bertz CT molecular complexity index is 939. The number of carbonyl (C=O) groups excluding carboxylic acids is 2. The number of hydrogen-bond donors (Lipinski definition) is 2. The number of hydrogen-bond acceptors (Lipinski definition) is 3. The topological polar surface area (TPSA) is 71.1 Å². The van der Waals surface area contributed by atoms with Gasteiger partial charge in [0.15, 0.2) is 0 Å². The first-order valence-corrected chi connectivity index (χ1v) is 8.79. The highest BCUT2D eigenvalue weighted by Gasteiger charge is 2.12. The maximum atomic E-state index is 12.4. The summed E-state index contributed by atoms with van der Waals surface area (Å²) in [5.41, 5.74) is 3.32. The monoisotopic (exact) mass is 359 g/mol. The molecule has 0 saturated heterocycles. The molecule has 0 atom stereocenters. The summed E-state index contributed by atoms with van der Waals surface area (Å²) >= 11 is 0. The van der Waals surface area contributed by atoms with Crippen LogP contribution in [-0.4, -0.2) is 23.3 Å². The summed E-state index contributed by atoms with van der Waals surface area (Å²) in [6.07, 6.45) is 0.736. The Morgan fingerprint density at radius 3 is 2.30 bits per heavy atom. The third-order valence-corrected chi connectivity index (χ3v) is 4.03. The summed E-state index contributed by atoms with van der Waals surface area (Å²) in [4.78, 5) is 28.9. The minimum Gasteiger partial charge on any atom is -0.350 e. The highest BCUT2D eigenvalue weighted by atomic mass is 16.2. The molecule has 0 aliphatic heterocycles. The molecule has 27 heavy (non-hydrogen) atoms. The van der Waals surface area contributed by atoms with E-state index >= 15 is 0 Å². The Morgan fingerprint density at radius 1 is 0.852 bits per heavy atom. The second-order valence-electron chi connectivity index (χ2n) is 6.22. The molecule has 1 heterocycles. The molecule has 136 valence electrons. The van der Waals surface area contributed by atoms with E-state index in [1.54, 1.807) is 18.2 Å². The first kappa shape index (κ1) is 18.3. The predicted octanol–water partition coefficient (Wildman–Crippen LogP) is 3.61. The Kier molecular flexibility index (Phi) is 5.94. The summed E-state index contributed by atoms with van der Waals surface area (Å²) in [5.74, 6) is -0.643. The molecule has 0 unspecified atom stereocenters. The van der Waals surface area contributed by atoms with E-state index in [1.165, 1.54) is 0 Å². The number of anilines is 1. The van der Waals surface area contributed by atoms with Crippen LogP contribution in [0.1, 0.15) is 32.1 Å². The number of pyridine rings is 1. The van der Waals surface area contributed by atoms with E-state index in [4.69, 9.17) is 0 Å². The molecule has 2 N–H and O–H groups in total. The van der Waals surface area contributed by atoms with Crippen LogP contribution >= 0.6 is 0 Å². The fourth-order valence-corrected chi connectivity index (χ4v) is 2.66. The van der Waals surface area contributed by atoms with Crippen molar-refractivity contribution in [2.45, 2.75) is 13.3 Å². The number of nitrogens with zero attached hydrogens (tertiary/aromatic N) is 1. The van der Waals surface area contributed by atoms with Crippen molar-refractivity contribution in [3.05, 3.63) is 95.3 Å². The lowest BCUT2D eigenvalue weighted by Gasteiger charge is -2.08. The van der Waals surface area contributed by atoms with Gasteiger partial charge < -0.3 is 10.6 Å². The van der Waals surface area contributed by atoms with E-state index in [0.717, 1.165) is 17.5 Å². The van der Waals surface area contributed by atoms with Crippen LogP contribution in [0.2, 0.25) is 0 Å². The molecule has 0 radical (unpaired) electrons. The molecule has 0 aliphatic carbocycles. The average molecular weight is 359 g/mol. The lowest BCUT2D eigenvalue weighted by Crippen LogP contribution is -2.27. The molecule has 2 amide bonds. The van der Waals surface area contributed by atoms with E-state index in [0.29, 0.717) is 12.2 Å². The van der Waals surface area contributed by atoms with Crippen LogP contribution in [0.25, 0.3) is 0 Å². The molecule has 0 bridgehead atoms. The van der Waals surface area contributed by atoms with Gasteiger partial charge in [0, 0.05) is 12.2 Å². The van der Waals surface area contributed by atoms with Gasteiger partial charge in [-0.15, -0.1) is 0 Å². The number of amides is 2. The SMILES string of the molecule is Cc1cccc(NC(=O)c2cccc(C(=O)NCCc3ccccc3)n2)c1. The van der Waals surface area contributed by atoms with E-state index < -0.39 is 0 Å². The van der Waals surface area contributed by atoms with Crippen molar-refractivity contribution in [1.29, 1.82) is 0 Å². The van der Waals surface area contributed by atoms with Crippen LogP contribution in [0, 0.1) is 6.92 Å². The Labute approximate surface area is 158 Å². The Hall–Kier alpha value is -3.47. The zero-order valence-corrected chi connectivity index (χ0v) is 15.1. The lowest BCUT2D eigenvalue weighted by molar-refractivity contribution is 0.0949. The van der Waals surface area contributed by atoms with Crippen molar-refractivity contribution in [2.24, 2.45) is 0 Å². The van der Waals surface area contributed by atoms with Gasteiger partial charge in [0.1, 0.15) is 11.4 Å². The third kappa shape index (κ3) is 5.25.